The van der Waals surface area contributed by atoms with Crippen molar-refractivity contribution >= 4 is 10.2 Å². The topological polar surface area (TPSA) is 60.9 Å². The first-order valence-electron chi connectivity index (χ1n) is 6.54. The monoisotopic (exact) mass is 262 g/mol. The second kappa shape index (κ2) is 5.65. The zero-order chi connectivity index (χ0) is 12.3. The molecule has 1 heterocycles. The summed E-state index contributed by atoms with van der Waals surface area (Å²) >= 11 is 0. The molecular formula is C11H22N2O3S. The summed E-state index contributed by atoms with van der Waals surface area (Å²) in [5.74, 6) is 0. The first-order chi connectivity index (χ1) is 8.16. The van der Waals surface area contributed by atoms with Crippen LogP contribution in [-0.4, -0.2) is 54.4 Å². The fraction of sp³-hybridized carbons (Fsp3) is 1.00. The van der Waals surface area contributed by atoms with Crippen LogP contribution in [0.2, 0.25) is 0 Å². The highest BCUT2D eigenvalue weighted by atomic mass is 32.2. The molecule has 1 saturated carbocycles. The Bertz CT molecular complexity index is 333. The third-order valence-corrected chi connectivity index (χ3v) is 5.55. The van der Waals surface area contributed by atoms with Crippen LogP contribution in [0.25, 0.3) is 0 Å². The minimum Gasteiger partial charge on any atom is -0.395 e. The van der Waals surface area contributed by atoms with E-state index in [1.807, 2.05) is 0 Å². The SMILES string of the molecule is O=S(=O)(N1CCCCCC1)N(CCO)C1CC1. The molecule has 2 fully saturated rings. The van der Waals surface area contributed by atoms with Gasteiger partial charge < -0.3 is 5.11 Å². The first kappa shape index (κ1) is 13.3. The van der Waals surface area contributed by atoms with Gasteiger partial charge in [-0.1, -0.05) is 12.8 Å². The lowest BCUT2D eigenvalue weighted by atomic mass is 10.2. The van der Waals surface area contributed by atoms with E-state index in [-0.39, 0.29) is 19.2 Å². The average Bonchev–Trinajstić information content (AvgIpc) is 3.11. The highest BCUT2D eigenvalue weighted by Crippen LogP contribution is 2.30. The molecule has 1 aliphatic carbocycles. The van der Waals surface area contributed by atoms with E-state index in [1.54, 1.807) is 4.31 Å². The molecule has 1 N–H and O–H groups in total. The van der Waals surface area contributed by atoms with Crippen LogP contribution in [0.5, 0.6) is 0 Å². The van der Waals surface area contributed by atoms with Crippen LogP contribution < -0.4 is 0 Å². The van der Waals surface area contributed by atoms with E-state index in [2.05, 4.69) is 0 Å². The van der Waals surface area contributed by atoms with Crippen molar-refractivity contribution in [1.82, 2.24) is 8.61 Å². The summed E-state index contributed by atoms with van der Waals surface area (Å²) in [6.45, 7) is 1.42. The van der Waals surface area contributed by atoms with Crippen LogP contribution >= 0.6 is 0 Å². The quantitative estimate of drug-likeness (QED) is 0.787. The maximum Gasteiger partial charge on any atom is 0.282 e. The van der Waals surface area contributed by atoms with Crippen molar-refractivity contribution in [2.24, 2.45) is 0 Å². The second-order valence-electron chi connectivity index (χ2n) is 4.89. The van der Waals surface area contributed by atoms with Crippen molar-refractivity contribution in [2.75, 3.05) is 26.2 Å². The van der Waals surface area contributed by atoms with E-state index < -0.39 is 10.2 Å². The summed E-state index contributed by atoms with van der Waals surface area (Å²) in [5, 5.41) is 9.01. The molecule has 6 heteroatoms. The molecule has 0 aromatic rings. The van der Waals surface area contributed by atoms with Crippen LogP contribution in [0.3, 0.4) is 0 Å². The number of rotatable bonds is 5. The molecule has 1 aliphatic heterocycles. The van der Waals surface area contributed by atoms with Crippen molar-refractivity contribution in [3.63, 3.8) is 0 Å². The molecule has 17 heavy (non-hydrogen) atoms. The van der Waals surface area contributed by atoms with Gasteiger partial charge in [-0.15, -0.1) is 0 Å². The molecule has 2 rings (SSSR count). The maximum atomic E-state index is 12.5. The highest BCUT2D eigenvalue weighted by molar-refractivity contribution is 7.86. The fourth-order valence-electron chi connectivity index (χ4n) is 2.37. The first-order valence-corrected chi connectivity index (χ1v) is 7.94. The Morgan fingerprint density at radius 3 is 2.18 bits per heavy atom. The average molecular weight is 262 g/mol. The Hall–Kier alpha value is -0.170. The third kappa shape index (κ3) is 3.19. The lowest BCUT2D eigenvalue weighted by Gasteiger charge is -2.28. The zero-order valence-electron chi connectivity index (χ0n) is 10.2. The number of nitrogens with zero attached hydrogens (tertiary/aromatic N) is 2. The molecule has 0 unspecified atom stereocenters. The van der Waals surface area contributed by atoms with Gasteiger partial charge in [0.25, 0.3) is 10.2 Å². The molecular weight excluding hydrogens is 240 g/mol. The fourth-order valence-corrected chi connectivity index (χ4v) is 4.28. The minimum atomic E-state index is -3.34. The van der Waals surface area contributed by atoms with E-state index in [0.717, 1.165) is 38.5 Å². The van der Waals surface area contributed by atoms with E-state index in [1.165, 1.54) is 4.31 Å². The number of hydrogen-bond acceptors (Lipinski definition) is 3. The molecule has 0 atom stereocenters. The predicted octanol–water partition coefficient (Wildman–Crippen LogP) is 0.564. The van der Waals surface area contributed by atoms with E-state index in [9.17, 15) is 8.42 Å². The number of aliphatic hydroxyl groups is 1. The smallest absolute Gasteiger partial charge is 0.282 e. The standard InChI is InChI=1S/C11H22N2O3S/c14-10-9-13(11-5-6-11)17(15,16)12-7-3-1-2-4-8-12/h11,14H,1-10H2. The van der Waals surface area contributed by atoms with Gasteiger partial charge in [0.1, 0.15) is 0 Å². The van der Waals surface area contributed by atoms with Gasteiger partial charge in [0.15, 0.2) is 0 Å². The van der Waals surface area contributed by atoms with Crippen LogP contribution in [0.15, 0.2) is 0 Å². The van der Waals surface area contributed by atoms with Gasteiger partial charge in [0, 0.05) is 25.7 Å². The number of hydrogen-bond donors (Lipinski definition) is 1. The Labute approximate surface area is 104 Å². The molecule has 0 amide bonds. The Morgan fingerprint density at radius 2 is 1.71 bits per heavy atom. The largest absolute Gasteiger partial charge is 0.395 e. The summed E-state index contributed by atoms with van der Waals surface area (Å²) in [6, 6.07) is 0.135. The van der Waals surface area contributed by atoms with E-state index in [4.69, 9.17) is 5.11 Å². The number of aliphatic hydroxyl groups excluding tert-OH is 1. The molecule has 0 aromatic carbocycles. The molecule has 0 aromatic heterocycles. The summed E-state index contributed by atoms with van der Waals surface area (Å²) in [5.41, 5.74) is 0. The van der Waals surface area contributed by atoms with Gasteiger partial charge >= 0.3 is 0 Å². The van der Waals surface area contributed by atoms with Gasteiger partial charge in [-0.25, -0.2) is 0 Å². The second-order valence-corrected chi connectivity index (χ2v) is 6.77. The van der Waals surface area contributed by atoms with Crippen molar-refractivity contribution in [1.29, 1.82) is 0 Å². The van der Waals surface area contributed by atoms with E-state index >= 15 is 0 Å². The molecule has 100 valence electrons. The summed E-state index contributed by atoms with van der Waals surface area (Å²) in [7, 11) is -3.34. The summed E-state index contributed by atoms with van der Waals surface area (Å²) in [6.07, 6.45) is 6.03. The minimum absolute atomic E-state index is 0.0937. The maximum absolute atomic E-state index is 12.5. The van der Waals surface area contributed by atoms with Crippen LogP contribution in [0.1, 0.15) is 38.5 Å². The molecule has 0 bridgehead atoms. The lowest BCUT2D eigenvalue weighted by Crippen LogP contribution is -2.46. The van der Waals surface area contributed by atoms with Crippen LogP contribution in [-0.2, 0) is 10.2 Å². The van der Waals surface area contributed by atoms with Gasteiger partial charge in [-0.05, 0) is 25.7 Å². The lowest BCUT2D eigenvalue weighted by molar-refractivity contribution is 0.240. The predicted molar refractivity (Wildman–Crippen MR) is 65.8 cm³/mol. The van der Waals surface area contributed by atoms with Crippen LogP contribution in [0.4, 0.5) is 0 Å². The Kier molecular flexibility index (Phi) is 4.41. The van der Waals surface area contributed by atoms with Gasteiger partial charge in [0.05, 0.1) is 6.61 Å². The summed E-state index contributed by atoms with van der Waals surface area (Å²) in [4.78, 5) is 0. The highest BCUT2D eigenvalue weighted by Gasteiger charge is 2.39. The molecule has 5 nitrogen and oxygen atoms in total. The van der Waals surface area contributed by atoms with Crippen molar-refractivity contribution in [3.05, 3.63) is 0 Å². The van der Waals surface area contributed by atoms with Crippen LogP contribution in [0, 0.1) is 0 Å². The van der Waals surface area contributed by atoms with Crippen molar-refractivity contribution in [3.8, 4) is 0 Å². The van der Waals surface area contributed by atoms with Gasteiger partial charge in [-0.2, -0.15) is 17.0 Å². The van der Waals surface area contributed by atoms with Crippen molar-refractivity contribution < 1.29 is 13.5 Å². The Balaban J connectivity index is 2.08. The molecule has 1 saturated heterocycles. The third-order valence-electron chi connectivity index (χ3n) is 3.46. The normalized spacial score (nSPS) is 23.9. The summed E-state index contributed by atoms with van der Waals surface area (Å²) < 4.78 is 28.0. The van der Waals surface area contributed by atoms with Gasteiger partial charge in [-0.3, -0.25) is 0 Å². The van der Waals surface area contributed by atoms with Crippen molar-refractivity contribution in [2.45, 2.75) is 44.6 Å². The molecule has 0 spiro atoms. The van der Waals surface area contributed by atoms with E-state index in [0.29, 0.717) is 13.1 Å². The molecule has 2 aliphatic rings. The molecule has 0 radical (unpaired) electrons. The van der Waals surface area contributed by atoms with Gasteiger partial charge in [0.2, 0.25) is 0 Å². The Morgan fingerprint density at radius 1 is 1.12 bits per heavy atom. The zero-order valence-corrected chi connectivity index (χ0v) is 11.0.